The Morgan fingerprint density at radius 1 is 1.33 bits per heavy atom. The van der Waals surface area contributed by atoms with Gasteiger partial charge in [-0.3, -0.25) is 4.98 Å². The van der Waals surface area contributed by atoms with Crippen LogP contribution in [0.15, 0.2) is 36.5 Å². The summed E-state index contributed by atoms with van der Waals surface area (Å²) in [5, 5.41) is 10.5. The van der Waals surface area contributed by atoms with Crippen molar-refractivity contribution in [2.45, 2.75) is 19.4 Å². The Labute approximate surface area is 110 Å². The molecule has 2 nitrogen and oxygen atoms in total. The molecule has 0 saturated carbocycles. The molecule has 0 aliphatic rings. The van der Waals surface area contributed by atoms with E-state index in [0.717, 1.165) is 5.56 Å². The van der Waals surface area contributed by atoms with Gasteiger partial charge in [-0.15, -0.1) is 0 Å². The Morgan fingerprint density at radius 3 is 2.78 bits per heavy atom. The molecule has 0 radical (unpaired) electrons. The van der Waals surface area contributed by atoms with Crippen molar-refractivity contribution in [3.63, 3.8) is 0 Å². The first-order valence-electron chi connectivity index (χ1n) is 5.61. The third kappa shape index (κ3) is 3.06. The summed E-state index contributed by atoms with van der Waals surface area (Å²) in [6, 6.07) is 7.75. The van der Waals surface area contributed by atoms with Gasteiger partial charge in [0.2, 0.25) is 0 Å². The molecule has 1 aromatic carbocycles. The van der Waals surface area contributed by atoms with E-state index in [1.165, 1.54) is 18.2 Å². The average molecular weight is 266 g/mol. The second-order valence-electron chi connectivity index (χ2n) is 4.22. The van der Waals surface area contributed by atoms with Gasteiger partial charge in [0.05, 0.1) is 11.8 Å². The molecule has 0 saturated heterocycles. The highest BCUT2D eigenvalue weighted by atomic mass is 35.5. The monoisotopic (exact) mass is 265 g/mol. The number of halogens is 2. The highest BCUT2D eigenvalue weighted by molar-refractivity contribution is 6.31. The van der Waals surface area contributed by atoms with Crippen molar-refractivity contribution in [2.24, 2.45) is 0 Å². The molecule has 0 fully saturated rings. The number of aliphatic hydroxyl groups excluding tert-OH is 1. The van der Waals surface area contributed by atoms with Crippen LogP contribution in [0.4, 0.5) is 4.39 Å². The zero-order valence-electron chi connectivity index (χ0n) is 9.90. The molecule has 0 spiro atoms. The summed E-state index contributed by atoms with van der Waals surface area (Å²) < 4.78 is 13.1. The van der Waals surface area contributed by atoms with E-state index in [4.69, 9.17) is 11.6 Å². The first-order chi connectivity index (χ1) is 8.56. The second-order valence-corrected chi connectivity index (χ2v) is 4.62. The van der Waals surface area contributed by atoms with Crippen molar-refractivity contribution < 1.29 is 9.50 Å². The first-order valence-corrected chi connectivity index (χ1v) is 5.98. The van der Waals surface area contributed by atoms with Crippen molar-refractivity contribution in [1.29, 1.82) is 0 Å². The van der Waals surface area contributed by atoms with Crippen LogP contribution >= 0.6 is 11.6 Å². The van der Waals surface area contributed by atoms with Crippen LogP contribution in [0.3, 0.4) is 0 Å². The lowest BCUT2D eigenvalue weighted by Crippen LogP contribution is -2.05. The molecular weight excluding hydrogens is 253 g/mol. The fourth-order valence-electron chi connectivity index (χ4n) is 1.69. The molecule has 0 aliphatic carbocycles. The zero-order chi connectivity index (χ0) is 13.1. The largest absolute Gasteiger partial charge is 0.386 e. The number of rotatable bonds is 3. The number of hydrogen-bond donors (Lipinski definition) is 1. The van der Waals surface area contributed by atoms with Crippen LogP contribution in [0.5, 0.6) is 0 Å². The lowest BCUT2D eigenvalue weighted by Gasteiger charge is -2.11. The maximum absolute atomic E-state index is 13.1. The summed E-state index contributed by atoms with van der Waals surface area (Å²) in [7, 11) is 0. The topological polar surface area (TPSA) is 33.1 Å². The van der Waals surface area contributed by atoms with Gasteiger partial charge in [0, 0.05) is 17.6 Å². The maximum Gasteiger partial charge on any atom is 0.123 e. The summed E-state index contributed by atoms with van der Waals surface area (Å²) >= 11 is 5.95. The van der Waals surface area contributed by atoms with Crippen LogP contribution < -0.4 is 0 Å². The summed E-state index contributed by atoms with van der Waals surface area (Å²) in [6.07, 6.45) is 1.14. The zero-order valence-corrected chi connectivity index (χ0v) is 10.7. The first kappa shape index (κ1) is 13.0. The van der Waals surface area contributed by atoms with E-state index in [0.29, 0.717) is 16.3 Å². The van der Waals surface area contributed by atoms with Crippen LogP contribution in [-0.4, -0.2) is 10.1 Å². The minimum atomic E-state index is -0.787. The fourth-order valence-corrected chi connectivity index (χ4v) is 1.88. The molecule has 0 aliphatic heterocycles. The Kier molecular flexibility index (Phi) is 3.94. The number of nitrogens with zero attached hydrogens (tertiary/aromatic N) is 1. The molecule has 0 bridgehead atoms. The van der Waals surface area contributed by atoms with Crippen molar-refractivity contribution >= 4 is 11.6 Å². The Bertz CT molecular complexity index is 542. The maximum atomic E-state index is 13.1. The molecule has 1 atom stereocenters. The van der Waals surface area contributed by atoms with Crippen molar-refractivity contribution in [3.05, 3.63) is 64.2 Å². The Morgan fingerprint density at radius 2 is 2.11 bits per heavy atom. The molecule has 1 N–H and O–H groups in total. The molecule has 18 heavy (non-hydrogen) atoms. The highest BCUT2D eigenvalue weighted by Crippen LogP contribution is 2.23. The standard InChI is InChI=1S/C14H13ClFNO/c1-9-2-5-13(17-8-9)14(18)7-10-6-11(16)3-4-12(10)15/h2-6,8,14,18H,7H2,1H3. The van der Waals surface area contributed by atoms with Gasteiger partial charge in [0.25, 0.3) is 0 Å². The van der Waals surface area contributed by atoms with E-state index in [9.17, 15) is 9.50 Å². The van der Waals surface area contributed by atoms with Crippen LogP contribution in [0.2, 0.25) is 5.02 Å². The fraction of sp³-hybridized carbons (Fsp3) is 0.214. The minimum absolute atomic E-state index is 0.243. The van der Waals surface area contributed by atoms with E-state index in [2.05, 4.69) is 4.98 Å². The quantitative estimate of drug-likeness (QED) is 0.922. The van der Waals surface area contributed by atoms with E-state index in [1.807, 2.05) is 13.0 Å². The third-order valence-electron chi connectivity index (χ3n) is 2.70. The van der Waals surface area contributed by atoms with Crippen LogP contribution in [0.1, 0.15) is 22.9 Å². The van der Waals surface area contributed by atoms with E-state index in [1.54, 1.807) is 12.3 Å². The summed E-state index contributed by atoms with van der Waals surface area (Å²) in [5.74, 6) is -0.363. The SMILES string of the molecule is Cc1ccc(C(O)Cc2cc(F)ccc2Cl)nc1. The van der Waals surface area contributed by atoms with Crippen LogP contribution in [0.25, 0.3) is 0 Å². The third-order valence-corrected chi connectivity index (χ3v) is 3.07. The van der Waals surface area contributed by atoms with Crippen molar-refractivity contribution in [1.82, 2.24) is 4.98 Å². The highest BCUT2D eigenvalue weighted by Gasteiger charge is 2.12. The van der Waals surface area contributed by atoms with E-state index < -0.39 is 6.10 Å². The second kappa shape index (κ2) is 5.46. The van der Waals surface area contributed by atoms with Crippen LogP contribution in [0, 0.1) is 12.7 Å². The average Bonchev–Trinajstić information content (AvgIpc) is 2.34. The van der Waals surface area contributed by atoms with Crippen molar-refractivity contribution in [3.8, 4) is 0 Å². The number of aliphatic hydroxyl groups is 1. The van der Waals surface area contributed by atoms with Gasteiger partial charge in [0.15, 0.2) is 0 Å². The predicted octanol–water partition coefficient (Wildman–Crippen LogP) is 3.46. The van der Waals surface area contributed by atoms with Gasteiger partial charge in [-0.1, -0.05) is 17.7 Å². The van der Waals surface area contributed by atoms with Gasteiger partial charge in [-0.05, 0) is 42.3 Å². The molecule has 2 aromatic rings. The van der Waals surface area contributed by atoms with E-state index >= 15 is 0 Å². The summed E-state index contributed by atoms with van der Waals surface area (Å²) in [5.41, 5.74) is 2.15. The lowest BCUT2D eigenvalue weighted by molar-refractivity contribution is 0.173. The van der Waals surface area contributed by atoms with Gasteiger partial charge in [-0.2, -0.15) is 0 Å². The van der Waals surface area contributed by atoms with Gasteiger partial charge in [-0.25, -0.2) is 4.39 Å². The number of pyridine rings is 1. The summed E-state index contributed by atoms with van der Waals surface area (Å²) in [6.45, 7) is 1.92. The Balaban J connectivity index is 2.18. The number of aromatic nitrogens is 1. The molecule has 1 heterocycles. The van der Waals surface area contributed by atoms with Crippen molar-refractivity contribution in [2.75, 3.05) is 0 Å². The molecule has 0 amide bonds. The van der Waals surface area contributed by atoms with Gasteiger partial charge in [0.1, 0.15) is 5.82 Å². The van der Waals surface area contributed by atoms with Gasteiger partial charge < -0.3 is 5.11 Å². The summed E-state index contributed by atoms with van der Waals surface area (Å²) in [4.78, 5) is 4.14. The number of benzene rings is 1. The molecule has 2 rings (SSSR count). The molecule has 4 heteroatoms. The van der Waals surface area contributed by atoms with Crippen LogP contribution in [-0.2, 0) is 6.42 Å². The van der Waals surface area contributed by atoms with E-state index in [-0.39, 0.29) is 12.2 Å². The minimum Gasteiger partial charge on any atom is -0.386 e. The lowest BCUT2D eigenvalue weighted by atomic mass is 10.0. The Hall–Kier alpha value is -1.45. The molecule has 94 valence electrons. The van der Waals surface area contributed by atoms with Gasteiger partial charge >= 0.3 is 0 Å². The number of hydrogen-bond acceptors (Lipinski definition) is 2. The normalized spacial score (nSPS) is 12.4. The predicted molar refractivity (Wildman–Crippen MR) is 69.0 cm³/mol. The molecular formula is C14H13ClFNO. The number of aryl methyl sites for hydroxylation is 1. The molecule has 1 aromatic heterocycles. The molecule has 1 unspecified atom stereocenters. The smallest absolute Gasteiger partial charge is 0.123 e.